The quantitative estimate of drug-likeness (QED) is 0.480. The standard InChI is InChI=1S/C14H12IN3O3S2/c15-12-4-2-1-3-11(12)13(19)18-14(22)17-9-5-7-10(8-6-9)23(16,20)21/h1-8H,(H2,16,20,21)(H2,17,18,19,22). The summed E-state index contributed by atoms with van der Waals surface area (Å²) in [5, 5.41) is 10.5. The Morgan fingerprint density at radius 2 is 1.70 bits per heavy atom. The molecule has 23 heavy (non-hydrogen) atoms. The van der Waals surface area contributed by atoms with Crippen molar-refractivity contribution in [3.8, 4) is 0 Å². The number of hydrogen-bond acceptors (Lipinski definition) is 4. The largest absolute Gasteiger partial charge is 0.332 e. The maximum absolute atomic E-state index is 12.1. The molecule has 2 aromatic rings. The molecule has 0 radical (unpaired) electrons. The maximum atomic E-state index is 12.1. The average molecular weight is 461 g/mol. The van der Waals surface area contributed by atoms with E-state index in [1.165, 1.54) is 24.3 Å². The molecule has 4 N–H and O–H groups in total. The van der Waals surface area contributed by atoms with Crippen LogP contribution < -0.4 is 15.8 Å². The van der Waals surface area contributed by atoms with E-state index in [9.17, 15) is 13.2 Å². The SMILES string of the molecule is NS(=O)(=O)c1ccc(NC(=S)NC(=O)c2ccccc2I)cc1. The molecule has 0 aliphatic carbocycles. The Kier molecular flexibility index (Phi) is 5.68. The number of carbonyl (C=O) groups is 1. The number of nitrogens with two attached hydrogens (primary N) is 1. The topological polar surface area (TPSA) is 101 Å². The number of amides is 1. The van der Waals surface area contributed by atoms with E-state index in [0.717, 1.165) is 3.57 Å². The second-order valence-corrected chi connectivity index (χ2v) is 7.59. The Morgan fingerprint density at radius 3 is 2.26 bits per heavy atom. The fraction of sp³-hybridized carbons (Fsp3) is 0. The first-order chi connectivity index (χ1) is 10.8. The monoisotopic (exact) mass is 461 g/mol. The zero-order valence-corrected chi connectivity index (χ0v) is 15.4. The summed E-state index contributed by atoms with van der Waals surface area (Å²) in [5.41, 5.74) is 1.05. The third kappa shape index (κ3) is 4.96. The third-order valence-corrected chi connectivity index (χ3v) is 4.86. The number of benzene rings is 2. The molecule has 0 aromatic heterocycles. The molecule has 120 valence electrons. The Bertz CT molecular complexity index is 852. The highest BCUT2D eigenvalue weighted by molar-refractivity contribution is 14.1. The van der Waals surface area contributed by atoms with E-state index in [2.05, 4.69) is 33.2 Å². The van der Waals surface area contributed by atoms with Gasteiger partial charge in [-0.25, -0.2) is 13.6 Å². The van der Waals surface area contributed by atoms with Gasteiger partial charge in [0.2, 0.25) is 10.0 Å². The van der Waals surface area contributed by atoms with Crippen molar-refractivity contribution in [1.82, 2.24) is 5.32 Å². The van der Waals surface area contributed by atoms with Crippen molar-refractivity contribution >= 4 is 61.5 Å². The predicted octanol–water partition coefficient (Wildman–Crippen LogP) is 2.07. The molecule has 1 amide bonds. The molecular formula is C14H12IN3O3S2. The van der Waals surface area contributed by atoms with Crippen molar-refractivity contribution in [2.24, 2.45) is 5.14 Å². The number of anilines is 1. The number of halogens is 1. The molecule has 6 nitrogen and oxygen atoms in total. The van der Waals surface area contributed by atoms with E-state index in [4.69, 9.17) is 17.4 Å². The van der Waals surface area contributed by atoms with E-state index in [0.29, 0.717) is 11.3 Å². The lowest BCUT2D eigenvalue weighted by molar-refractivity contribution is 0.0977. The average Bonchev–Trinajstić information content (AvgIpc) is 2.47. The lowest BCUT2D eigenvalue weighted by Gasteiger charge is -2.10. The molecular weight excluding hydrogens is 449 g/mol. The van der Waals surface area contributed by atoms with Gasteiger partial charge < -0.3 is 5.32 Å². The Hall–Kier alpha value is -1.56. The number of carbonyl (C=O) groups excluding carboxylic acids is 1. The number of nitrogens with one attached hydrogen (secondary N) is 2. The van der Waals surface area contributed by atoms with Crippen LogP contribution in [0.3, 0.4) is 0 Å². The summed E-state index contributed by atoms with van der Waals surface area (Å²) in [5.74, 6) is -0.325. The van der Waals surface area contributed by atoms with Crippen LogP contribution in [0.1, 0.15) is 10.4 Å². The molecule has 0 aliphatic heterocycles. The van der Waals surface area contributed by atoms with E-state index in [-0.39, 0.29) is 15.9 Å². The number of thiocarbonyl (C=S) groups is 1. The molecule has 0 heterocycles. The highest BCUT2D eigenvalue weighted by atomic mass is 127. The minimum atomic E-state index is -3.74. The van der Waals surface area contributed by atoms with Crippen LogP contribution >= 0.6 is 34.8 Å². The highest BCUT2D eigenvalue weighted by Gasteiger charge is 2.11. The van der Waals surface area contributed by atoms with Crippen LogP contribution in [-0.4, -0.2) is 19.4 Å². The van der Waals surface area contributed by atoms with Crippen LogP contribution in [0.15, 0.2) is 53.4 Å². The first-order valence-electron chi connectivity index (χ1n) is 6.27. The van der Waals surface area contributed by atoms with Crippen molar-refractivity contribution in [2.45, 2.75) is 4.90 Å². The van der Waals surface area contributed by atoms with E-state index in [1.54, 1.807) is 12.1 Å². The zero-order chi connectivity index (χ0) is 17.0. The smallest absolute Gasteiger partial charge is 0.258 e. The summed E-state index contributed by atoms with van der Waals surface area (Å²) >= 11 is 7.14. The van der Waals surface area contributed by atoms with Crippen LogP contribution in [-0.2, 0) is 10.0 Å². The van der Waals surface area contributed by atoms with Crippen LogP contribution in [0.2, 0.25) is 0 Å². The van der Waals surface area contributed by atoms with E-state index >= 15 is 0 Å². The van der Waals surface area contributed by atoms with Crippen molar-refractivity contribution < 1.29 is 13.2 Å². The molecule has 2 rings (SSSR count). The lowest BCUT2D eigenvalue weighted by Crippen LogP contribution is -2.34. The van der Waals surface area contributed by atoms with Gasteiger partial charge in [-0.2, -0.15) is 0 Å². The van der Waals surface area contributed by atoms with Crippen molar-refractivity contribution in [1.29, 1.82) is 0 Å². The van der Waals surface area contributed by atoms with Gasteiger partial charge >= 0.3 is 0 Å². The van der Waals surface area contributed by atoms with Gasteiger partial charge in [-0.15, -0.1) is 0 Å². The summed E-state index contributed by atoms with van der Waals surface area (Å²) in [7, 11) is -3.74. The first-order valence-corrected chi connectivity index (χ1v) is 9.30. The minimum Gasteiger partial charge on any atom is -0.332 e. The van der Waals surface area contributed by atoms with Crippen molar-refractivity contribution in [3.63, 3.8) is 0 Å². The predicted molar refractivity (Wildman–Crippen MR) is 101 cm³/mol. The molecule has 0 unspecified atom stereocenters. The van der Waals surface area contributed by atoms with Gasteiger partial charge in [0.15, 0.2) is 5.11 Å². The Balaban J connectivity index is 2.03. The van der Waals surface area contributed by atoms with Gasteiger partial charge in [-0.3, -0.25) is 10.1 Å². The summed E-state index contributed by atoms with van der Waals surface area (Å²) in [6.45, 7) is 0. The number of primary sulfonamides is 1. The molecule has 0 spiro atoms. The van der Waals surface area contributed by atoms with Gasteiger partial charge in [0.1, 0.15) is 0 Å². The van der Waals surface area contributed by atoms with E-state index < -0.39 is 10.0 Å². The fourth-order valence-corrected chi connectivity index (χ4v) is 3.06. The summed E-state index contributed by atoms with van der Waals surface area (Å²) in [4.78, 5) is 12.1. The van der Waals surface area contributed by atoms with Gasteiger partial charge in [0, 0.05) is 9.26 Å². The molecule has 9 heteroatoms. The molecule has 2 aromatic carbocycles. The normalized spacial score (nSPS) is 10.9. The Morgan fingerprint density at radius 1 is 1.09 bits per heavy atom. The van der Waals surface area contributed by atoms with Gasteiger partial charge in [0.25, 0.3) is 5.91 Å². The molecule has 0 aliphatic rings. The van der Waals surface area contributed by atoms with Crippen LogP contribution in [0.5, 0.6) is 0 Å². The first kappa shape index (κ1) is 17.8. The fourth-order valence-electron chi connectivity index (χ4n) is 1.71. The molecule has 0 bridgehead atoms. The van der Waals surface area contributed by atoms with Crippen molar-refractivity contribution in [2.75, 3.05) is 5.32 Å². The van der Waals surface area contributed by atoms with Crippen LogP contribution in [0.4, 0.5) is 5.69 Å². The van der Waals surface area contributed by atoms with Crippen LogP contribution in [0.25, 0.3) is 0 Å². The number of sulfonamides is 1. The molecule has 0 fully saturated rings. The maximum Gasteiger partial charge on any atom is 0.258 e. The third-order valence-electron chi connectivity index (χ3n) is 2.79. The second-order valence-electron chi connectivity index (χ2n) is 4.46. The lowest BCUT2D eigenvalue weighted by atomic mass is 10.2. The van der Waals surface area contributed by atoms with Gasteiger partial charge in [0.05, 0.1) is 10.5 Å². The second kappa shape index (κ2) is 7.34. The van der Waals surface area contributed by atoms with Crippen LogP contribution in [0, 0.1) is 3.57 Å². The summed E-state index contributed by atoms with van der Waals surface area (Å²) < 4.78 is 23.2. The number of rotatable bonds is 3. The zero-order valence-electron chi connectivity index (χ0n) is 11.6. The molecule has 0 atom stereocenters. The molecule has 0 saturated heterocycles. The van der Waals surface area contributed by atoms with E-state index in [1.807, 2.05) is 12.1 Å². The Labute approximate surface area is 152 Å². The minimum absolute atomic E-state index is 0.00292. The highest BCUT2D eigenvalue weighted by Crippen LogP contribution is 2.13. The van der Waals surface area contributed by atoms with Gasteiger partial charge in [-0.1, -0.05) is 12.1 Å². The summed E-state index contributed by atoms with van der Waals surface area (Å²) in [6.07, 6.45) is 0. The van der Waals surface area contributed by atoms with Gasteiger partial charge in [-0.05, 0) is 71.2 Å². The summed E-state index contributed by atoms with van der Waals surface area (Å²) in [6, 6.07) is 12.8. The van der Waals surface area contributed by atoms with Crippen molar-refractivity contribution in [3.05, 3.63) is 57.7 Å². The molecule has 0 saturated carbocycles. The number of hydrogen-bond donors (Lipinski definition) is 3.